The third-order valence-electron chi connectivity index (χ3n) is 6.14. The van der Waals surface area contributed by atoms with Crippen LogP contribution in [0.3, 0.4) is 0 Å². The van der Waals surface area contributed by atoms with Crippen LogP contribution in [0.15, 0.2) is 53.2 Å². The van der Waals surface area contributed by atoms with Crippen molar-refractivity contribution in [3.8, 4) is 17.2 Å². The summed E-state index contributed by atoms with van der Waals surface area (Å²) in [7, 11) is 1.66. The highest BCUT2D eigenvalue weighted by molar-refractivity contribution is 5.70. The van der Waals surface area contributed by atoms with Crippen LogP contribution in [0.5, 0.6) is 5.75 Å². The van der Waals surface area contributed by atoms with Crippen molar-refractivity contribution in [3.05, 3.63) is 65.5 Å². The third kappa shape index (κ3) is 6.17. The number of rotatable bonds is 8. The molecule has 9 heteroatoms. The van der Waals surface area contributed by atoms with Gasteiger partial charge in [-0.2, -0.15) is 0 Å². The Balaban J connectivity index is 1.38. The average molecular weight is 480 g/mol. The molecule has 1 N–H and O–H groups in total. The molecule has 2 heterocycles. The standard InChI is InChI=1S/C26H29N3O6/c1-17-22(15-29(2)26(32)33-16-18-7-4-3-5-8-18)24(35-28-17)23-12-11-21(14-27-23)34-20-10-6-9-19(13-20)25(30)31/h3-5,7-8,11-12,14,19-20H,6,9-10,13,15-16H2,1-2H3,(H,30,31)/t19-,20-/m0/s1. The molecule has 3 aromatic rings. The lowest BCUT2D eigenvalue weighted by atomic mass is 9.87. The van der Waals surface area contributed by atoms with Crippen molar-refractivity contribution in [2.75, 3.05) is 7.05 Å². The van der Waals surface area contributed by atoms with Crippen molar-refractivity contribution in [2.24, 2.45) is 5.92 Å². The summed E-state index contributed by atoms with van der Waals surface area (Å²) in [4.78, 5) is 29.7. The van der Waals surface area contributed by atoms with E-state index in [1.807, 2.05) is 37.3 Å². The van der Waals surface area contributed by atoms with E-state index in [4.69, 9.17) is 14.0 Å². The largest absolute Gasteiger partial charge is 0.489 e. The fourth-order valence-corrected chi connectivity index (χ4v) is 4.16. The number of carbonyl (C=O) groups excluding carboxylic acids is 1. The Morgan fingerprint density at radius 2 is 1.97 bits per heavy atom. The maximum Gasteiger partial charge on any atom is 0.410 e. The van der Waals surface area contributed by atoms with Crippen molar-refractivity contribution in [3.63, 3.8) is 0 Å². The first-order chi connectivity index (χ1) is 16.9. The van der Waals surface area contributed by atoms with Gasteiger partial charge in [0.2, 0.25) is 0 Å². The first-order valence-corrected chi connectivity index (χ1v) is 11.6. The highest BCUT2D eigenvalue weighted by Gasteiger charge is 2.28. The number of carboxylic acids is 1. The predicted molar refractivity (Wildman–Crippen MR) is 127 cm³/mol. The van der Waals surface area contributed by atoms with Gasteiger partial charge in [-0.3, -0.25) is 4.79 Å². The first-order valence-electron chi connectivity index (χ1n) is 11.6. The van der Waals surface area contributed by atoms with Crippen LogP contribution >= 0.6 is 0 Å². The minimum Gasteiger partial charge on any atom is -0.489 e. The number of pyridine rings is 1. The predicted octanol–water partition coefficient (Wildman–Crippen LogP) is 4.84. The molecule has 0 aliphatic heterocycles. The minimum absolute atomic E-state index is 0.142. The van der Waals surface area contributed by atoms with Gasteiger partial charge in [-0.1, -0.05) is 35.5 Å². The summed E-state index contributed by atoms with van der Waals surface area (Å²) in [5.74, 6) is -0.0875. The van der Waals surface area contributed by atoms with E-state index in [2.05, 4.69) is 10.1 Å². The van der Waals surface area contributed by atoms with Gasteiger partial charge in [-0.05, 0) is 50.3 Å². The molecule has 184 valence electrons. The van der Waals surface area contributed by atoms with E-state index < -0.39 is 12.1 Å². The maximum atomic E-state index is 12.5. The molecule has 0 radical (unpaired) electrons. The van der Waals surface area contributed by atoms with Gasteiger partial charge in [0, 0.05) is 12.6 Å². The molecule has 1 saturated carbocycles. The van der Waals surface area contributed by atoms with Crippen LogP contribution in [0.4, 0.5) is 4.79 Å². The van der Waals surface area contributed by atoms with Crippen LogP contribution in [-0.4, -0.2) is 45.4 Å². The van der Waals surface area contributed by atoms with Gasteiger partial charge in [-0.15, -0.1) is 0 Å². The number of benzene rings is 1. The lowest BCUT2D eigenvalue weighted by Crippen LogP contribution is -2.29. The number of amides is 1. The molecule has 35 heavy (non-hydrogen) atoms. The Labute approximate surface area is 203 Å². The molecule has 1 amide bonds. The number of aromatic nitrogens is 2. The van der Waals surface area contributed by atoms with Gasteiger partial charge < -0.3 is 24.0 Å². The van der Waals surface area contributed by atoms with E-state index in [1.54, 1.807) is 25.4 Å². The Morgan fingerprint density at radius 3 is 2.69 bits per heavy atom. The van der Waals surface area contributed by atoms with Crippen molar-refractivity contribution in [1.29, 1.82) is 0 Å². The van der Waals surface area contributed by atoms with Crippen LogP contribution in [-0.2, 0) is 22.7 Å². The molecular formula is C26H29N3O6. The summed E-state index contributed by atoms with van der Waals surface area (Å²) in [5, 5.41) is 13.3. The van der Waals surface area contributed by atoms with Crippen molar-refractivity contribution in [2.45, 2.75) is 51.9 Å². The second kappa shape index (κ2) is 11.0. The topological polar surface area (TPSA) is 115 Å². The summed E-state index contributed by atoms with van der Waals surface area (Å²) >= 11 is 0. The third-order valence-corrected chi connectivity index (χ3v) is 6.14. The Bertz CT molecular complexity index is 1150. The summed E-state index contributed by atoms with van der Waals surface area (Å²) in [6.07, 6.45) is 3.84. The second-order valence-electron chi connectivity index (χ2n) is 8.79. The molecule has 2 atom stereocenters. The Morgan fingerprint density at radius 1 is 1.17 bits per heavy atom. The van der Waals surface area contributed by atoms with E-state index in [0.29, 0.717) is 35.7 Å². The molecule has 2 aromatic heterocycles. The van der Waals surface area contributed by atoms with Gasteiger partial charge in [-0.25, -0.2) is 9.78 Å². The molecule has 9 nitrogen and oxygen atoms in total. The number of aryl methyl sites for hydroxylation is 1. The van der Waals surface area contributed by atoms with Crippen molar-refractivity contribution >= 4 is 12.1 Å². The number of nitrogens with zero attached hydrogens (tertiary/aromatic N) is 3. The Kier molecular flexibility index (Phi) is 7.64. The van der Waals surface area contributed by atoms with E-state index >= 15 is 0 Å². The molecule has 1 fully saturated rings. The molecule has 1 aliphatic rings. The normalized spacial score (nSPS) is 17.5. The maximum absolute atomic E-state index is 12.5. The van der Waals surface area contributed by atoms with Crippen LogP contribution in [0.1, 0.15) is 42.5 Å². The van der Waals surface area contributed by atoms with Gasteiger partial charge >= 0.3 is 12.1 Å². The molecule has 0 bridgehead atoms. The quantitative estimate of drug-likeness (QED) is 0.488. The van der Waals surface area contributed by atoms with E-state index in [-0.39, 0.29) is 25.2 Å². The molecule has 0 saturated heterocycles. The molecule has 1 aromatic carbocycles. The number of aliphatic carboxylic acids is 1. The van der Waals surface area contributed by atoms with Crippen LogP contribution in [0, 0.1) is 12.8 Å². The molecule has 0 spiro atoms. The average Bonchev–Trinajstić information content (AvgIpc) is 3.23. The fraction of sp³-hybridized carbons (Fsp3) is 0.385. The first kappa shape index (κ1) is 24.3. The Hall–Kier alpha value is -3.88. The number of ether oxygens (including phenoxy) is 2. The van der Waals surface area contributed by atoms with Gasteiger partial charge in [0.05, 0.1) is 30.5 Å². The van der Waals surface area contributed by atoms with Crippen LogP contribution in [0.25, 0.3) is 11.5 Å². The zero-order valence-electron chi connectivity index (χ0n) is 19.8. The fourth-order valence-electron chi connectivity index (χ4n) is 4.16. The summed E-state index contributed by atoms with van der Waals surface area (Å²) in [6.45, 7) is 2.25. The minimum atomic E-state index is -0.770. The molecule has 4 rings (SSSR count). The van der Waals surface area contributed by atoms with Gasteiger partial charge in [0.1, 0.15) is 18.1 Å². The summed E-state index contributed by atoms with van der Waals surface area (Å²) < 4.78 is 16.9. The monoisotopic (exact) mass is 479 g/mol. The van der Waals surface area contributed by atoms with E-state index in [0.717, 1.165) is 24.0 Å². The van der Waals surface area contributed by atoms with Crippen molar-refractivity contribution in [1.82, 2.24) is 15.0 Å². The molecular weight excluding hydrogens is 450 g/mol. The van der Waals surface area contributed by atoms with Gasteiger partial charge in [0.25, 0.3) is 0 Å². The van der Waals surface area contributed by atoms with Crippen LogP contribution in [0.2, 0.25) is 0 Å². The zero-order chi connectivity index (χ0) is 24.8. The number of carboxylic acid groups (broad SMARTS) is 1. The number of carbonyl (C=O) groups is 2. The van der Waals surface area contributed by atoms with E-state index in [9.17, 15) is 14.7 Å². The lowest BCUT2D eigenvalue weighted by Gasteiger charge is -2.27. The smallest absolute Gasteiger partial charge is 0.410 e. The van der Waals surface area contributed by atoms with Crippen molar-refractivity contribution < 1.29 is 28.7 Å². The SMILES string of the molecule is Cc1noc(-c2ccc(O[C@H]3CCC[C@H](C(=O)O)C3)cn2)c1CN(C)C(=O)OCc1ccccc1. The summed E-state index contributed by atoms with van der Waals surface area (Å²) in [5.41, 5.74) is 2.87. The highest BCUT2D eigenvalue weighted by Crippen LogP contribution is 2.30. The molecule has 1 aliphatic carbocycles. The second-order valence-corrected chi connectivity index (χ2v) is 8.79. The van der Waals surface area contributed by atoms with E-state index in [1.165, 1.54) is 4.90 Å². The van der Waals surface area contributed by atoms with Gasteiger partial charge in [0.15, 0.2) is 5.76 Å². The van der Waals surface area contributed by atoms with Crippen LogP contribution < -0.4 is 4.74 Å². The number of hydrogen-bond donors (Lipinski definition) is 1. The number of hydrogen-bond acceptors (Lipinski definition) is 7. The summed E-state index contributed by atoms with van der Waals surface area (Å²) in [6, 6.07) is 13.0. The highest BCUT2D eigenvalue weighted by atomic mass is 16.6. The molecule has 0 unspecified atom stereocenters. The lowest BCUT2D eigenvalue weighted by molar-refractivity contribution is -0.143. The zero-order valence-corrected chi connectivity index (χ0v) is 19.8.